The molecule has 0 saturated heterocycles. The molecule has 2 aromatic carbocycles. The molecule has 3 aliphatic carbocycles. The van der Waals surface area contributed by atoms with Crippen LogP contribution in [-0.2, 0) is 22.4 Å². The molecule has 6 rings (SSSR count). The number of hydrogen-bond donors (Lipinski definition) is 1. The van der Waals surface area contributed by atoms with Crippen molar-refractivity contribution in [2.45, 2.75) is 57.4 Å². The van der Waals surface area contributed by atoms with Crippen molar-refractivity contribution in [2.75, 3.05) is 6.61 Å². The Bertz CT molecular complexity index is 1440. The number of aromatic nitrogens is 2. The van der Waals surface area contributed by atoms with Crippen molar-refractivity contribution in [1.29, 1.82) is 0 Å². The normalized spacial score (nSPS) is 25.1. The first-order valence-corrected chi connectivity index (χ1v) is 13.6. The van der Waals surface area contributed by atoms with Crippen LogP contribution in [0.2, 0.25) is 0 Å². The van der Waals surface area contributed by atoms with Crippen LogP contribution in [0.15, 0.2) is 42.5 Å². The molecule has 1 aromatic heterocycles. The monoisotopic (exact) mass is 537 g/mol. The Labute approximate surface area is 224 Å². The fourth-order valence-electron chi connectivity index (χ4n) is 7.05. The van der Waals surface area contributed by atoms with E-state index in [9.17, 15) is 22.8 Å². The van der Waals surface area contributed by atoms with Gasteiger partial charge in [-0.1, -0.05) is 12.1 Å². The Kier molecular flexibility index (Phi) is 6.69. The number of carbonyl (C=O) groups is 2. The van der Waals surface area contributed by atoms with Crippen molar-refractivity contribution in [3.63, 3.8) is 0 Å². The highest BCUT2D eigenvalue weighted by molar-refractivity contribution is 5.95. The number of amides is 1. The van der Waals surface area contributed by atoms with Crippen LogP contribution in [0.3, 0.4) is 0 Å². The molecule has 0 spiro atoms. The highest BCUT2D eigenvalue weighted by Gasteiger charge is 2.52. The Balaban J connectivity index is 1.36. The lowest BCUT2D eigenvalue weighted by molar-refractivity contribution is -0.150. The highest BCUT2D eigenvalue weighted by Crippen LogP contribution is 2.49. The summed E-state index contributed by atoms with van der Waals surface area (Å²) in [5, 5.41) is 7.65. The third kappa shape index (κ3) is 4.61. The van der Waals surface area contributed by atoms with E-state index in [0.29, 0.717) is 30.5 Å². The number of esters is 1. The van der Waals surface area contributed by atoms with Gasteiger partial charge in [-0.15, -0.1) is 0 Å². The molecule has 2 bridgehead atoms. The van der Waals surface area contributed by atoms with Gasteiger partial charge in [0.2, 0.25) is 0 Å². The van der Waals surface area contributed by atoms with Gasteiger partial charge < -0.3 is 10.1 Å². The zero-order valence-corrected chi connectivity index (χ0v) is 21.6. The van der Waals surface area contributed by atoms with E-state index in [1.807, 2.05) is 6.07 Å². The maximum absolute atomic E-state index is 15.0. The molecule has 0 aliphatic heterocycles. The average molecular weight is 538 g/mol. The molecule has 1 amide bonds. The largest absolute Gasteiger partial charge is 0.466 e. The maximum Gasteiger partial charge on any atom is 0.311 e. The summed E-state index contributed by atoms with van der Waals surface area (Å²) in [6, 6.07) is 9.23. The number of fused-ring (bicyclic) bond motifs is 3. The van der Waals surface area contributed by atoms with Gasteiger partial charge in [0.05, 0.1) is 18.2 Å². The molecule has 2 saturated carbocycles. The quantitative estimate of drug-likeness (QED) is 0.417. The molecule has 2 fully saturated rings. The van der Waals surface area contributed by atoms with E-state index >= 15 is 0 Å². The molecular weight excluding hydrogens is 507 g/mol. The van der Waals surface area contributed by atoms with Gasteiger partial charge >= 0.3 is 5.97 Å². The van der Waals surface area contributed by atoms with Gasteiger partial charge in [-0.05, 0) is 87.1 Å². The average Bonchev–Trinajstić information content (AvgIpc) is 3.67. The van der Waals surface area contributed by atoms with E-state index in [1.54, 1.807) is 13.0 Å². The summed E-state index contributed by atoms with van der Waals surface area (Å²) >= 11 is 0. The zero-order valence-electron chi connectivity index (χ0n) is 21.6. The van der Waals surface area contributed by atoms with Crippen LogP contribution in [0.1, 0.15) is 65.8 Å². The number of rotatable bonds is 7. The molecule has 9 heteroatoms. The number of benzene rings is 2. The van der Waals surface area contributed by atoms with E-state index in [1.165, 1.54) is 22.9 Å². The van der Waals surface area contributed by atoms with Crippen LogP contribution < -0.4 is 5.32 Å². The van der Waals surface area contributed by atoms with Gasteiger partial charge in [0, 0.05) is 23.6 Å². The van der Waals surface area contributed by atoms with Gasteiger partial charge in [-0.3, -0.25) is 9.59 Å². The minimum Gasteiger partial charge on any atom is -0.466 e. The van der Waals surface area contributed by atoms with Crippen LogP contribution in [0.25, 0.3) is 5.69 Å². The molecule has 3 unspecified atom stereocenters. The molecule has 39 heavy (non-hydrogen) atoms. The van der Waals surface area contributed by atoms with E-state index in [-0.39, 0.29) is 53.6 Å². The predicted molar refractivity (Wildman–Crippen MR) is 137 cm³/mol. The molecule has 3 aromatic rings. The first kappa shape index (κ1) is 25.6. The van der Waals surface area contributed by atoms with Crippen LogP contribution >= 0.6 is 0 Å². The lowest BCUT2D eigenvalue weighted by Gasteiger charge is -2.30. The van der Waals surface area contributed by atoms with Crippen LogP contribution in [0.4, 0.5) is 13.2 Å². The Morgan fingerprint density at radius 1 is 1.05 bits per heavy atom. The topological polar surface area (TPSA) is 73.2 Å². The number of nitrogens with zero attached hydrogens (tertiary/aromatic N) is 2. The summed E-state index contributed by atoms with van der Waals surface area (Å²) in [6.45, 7) is 2.05. The lowest BCUT2D eigenvalue weighted by atomic mass is 9.84. The molecule has 1 N–H and O–H groups in total. The van der Waals surface area contributed by atoms with Crippen molar-refractivity contribution in [3.05, 3.63) is 82.4 Å². The minimum atomic E-state index is -0.792. The summed E-state index contributed by atoms with van der Waals surface area (Å²) in [5.41, 5.74) is 2.38. The maximum atomic E-state index is 15.0. The molecule has 1 heterocycles. The summed E-state index contributed by atoms with van der Waals surface area (Å²) in [6.07, 6.45) is 4.45. The predicted octanol–water partition coefficient (Wildman–Crippen LogP) is 5.27. The number of carbonyl (C=O) groups excluding carboxylic acids is 2. The van der Waals surface area contributed by atoms with Gasteiger partial charge in [-0.2, -0.15) is 5.10 Å². The Hall–Kier alpha value is -3.62. The lowest BCUT2D eigenvalue weighted by Crippen LogP contribution is -2.47. The summed E-state index contributed by atoms with van der Waals surface area (Å²) in [7, 11) is 0. The summed E-state index contributed by atoms with van der Waals surface area (Å²) in [4.78, 5) is 26.5. The molecule has 0 radical (unpaired) electrons. The second-order valence-electron chi connectivity index (χ2n) is 10.9. The second kappa shape index (κ2) is 10.2. The Morgan fingerprint density at radius 3 is 2.62 bits per heavy atom. The van der Waals surface area contributed by atoms with Gasteiger partial charge in [0.25, 0.3) is 5.91 Å². The van der Waals surface area contributed by atoms with Crippen molar-refractivity contribution in [3.8, 4) is 5.69 Å². The first-order chi connectivity index (χ1) is 18.8. The molecular formula is C30H30F3N3O3. The zero-order chi connectivity index (χ0) is 27.3. The van der Waals surface area contributed by atoms with E-state index in [4.69, 9.17) is 4.74 Å². The van der Waals surface area contributed by atoms with Crippen LogP contribution in [0.5, 0.6) is 0 Å². The van der Waals surface area contributed by atoms with Gasteiger partial charge in [0.1, 0.15) is 17.3 Å². The Morgan fingerprint density at radius 2 is 1.85 bits per heavy atom. The van der Waals surface area contributed by atoms with Crippen molar-refractivity contribution in [2.24, 2.45) is 17.8 Å². The van der Waals surface area contributed by atoms with Gasteiger partial charge in [-0.25, -0.2) is 17.9 Å². The summed E-state index contributed by atoms with van der Waals surface area (Å²) < 4.78 is 49.3. The fraction of sp³-hybridized carbons (Fsp3) is 0.433. The van der Waals surface area contributed by atoms with E-state index in [2.05, 4.69) is 10.4 Å². The van der Waals surface area contributed by atoms with E-state index < -0.39 is 23.5 Å². The molecule has 6 nitrogen and oxygen atoms in total. The number of halogens is 3. The smallest absolute Gasteiger partial charge is 0.311 e. The second-order valence-corrected chi connectivity index (χ2v) is 10.9. The minimum absolute atomic E-state index is 0.0437. The molecule has 3 aliphatic rings. The van der Waals surface area contributed by atoms with E-state index in [0.717, 1.165) is 37.0 Å². The SMILES string of the molecule is CCOC(=O)[C@H]1C2CCC(C2)[C@H]1NC(=O)c1nn(-c2ccc(F)cc2F)c2c1CCC2Cc1cccc(F)c1. The van der Waals surface area contributed by atoms with Crippen LogP contribution in [0, 0.1) is 35.2 Å². The van der Waals surface area contributed by atoms with Crippen molar-refractivity contribution >= 4 is 11.9 Å². The third-order valence-corrected chi connectivity index (χ3v) is 8.65. The summed E-state index contributed by atoms with van der Waals surface area (Å²) in [5.74, 6) is -2.70. The molecule has 204 valence electrons. The van der Waals surface area contributed by atoms with Crippen molar-refractivity contribution < 1.29 is 27.5 Å². The highest BCUT2D eigenvalue weighted by atomic mass is 19.1. The standard InChI is InChI=1S/C30H30F3N3O3/c1-2-39-30(38)25-17-6-7-18(14-17)26(25)34-29(37)27-22-10-8-19(12-16-4-3-5-20(31)13-16)28(22)36(35-27)24-11-9-21(32)15-23(24)33/h3-5,9,11,13,15,17-19,25-26H,2,6-8,10,12,14H2,1H3,(H,34,37)/t17?,18?,19?,25-,26+/m0/s1. The fourth-order valence-corrected chi connectivity index (χ4v) is 7.05. The third-order valence-electron chi connectivity index (χ3n) is 8.65. The van der Waals surface area contributed by atoms with Crippen LogP contribution in [-0.4, -0.2) is 34.3 Å². The number of hydrogen-bond acceptors (Lipinski definition) is 4. The first-order valence-electron chi connectivity index (χ1n) is 13.6. The molecule has 5 atom stereocenters. The van der Waals surface area contributed by atoms with Crippen molar-refractivity contribution in [1.82, 2.24) is 15.1 Å². The number of nitrogens with one attached hydrogen (secondary N) is 1. The van der Waals surface area contributed by atoms with Gasteiger partial charge in [0.15, 0.2) is 11.5 Å². The number of ether oxygens (including phenoxy) is 1.